The van der Waals surface area contributed by atoms with Gasteiger partial charge in [-0.15, -0.1) is 0 Å². The second kappa shape index (κ2) is 8.95. The Balaban J connectivity index is 1.49. The molecule has 2 aromatic heterocycles. The zero-order valence-electron chi connectivity index (χ0n) is 22.3. The van der Waals surface area contributed by atoms with Crippen molar-refractivity contribution in [1.29, 1.82) is 0 Å². The lowest BCUT2D eigenvalue weighted by Crippen LogP contribution is -2.33. The summed E-state index contributed by atoms with van der Waals surface area (Å²) in [5, 5.41) is 3.82. The van der Waals surface area contributed by atoms with E-state index in [1.807, 2.05) is 12.1 Å². The highest BCUT2D eigenvalue weighted by atomic mass is 16.5. The van der Waals surface area contributed by atoms with E-state index in [2.05, 4.69) is 66.1 Å². The summed E-state index contributed by atoms with van der Waals surface area (Å²) in [6.07, 6.45) is 0.842. The van der Waals surface area contributed by atoms with E-state index in [9.17, 15) is 9.59 Å². The van der Waals surface area contributed by atoms with Crippen molar-refractivity contribution in [3.8, 4) is 28.1 Å². The summed E-state index contributed by atoms with van der Waals surface area (Å²) in [5.41, 5.74) is 5.60. The van der Waals surface area contributed by atoms with Gasteiger partial charge in [-0.25, -0.2) is 4.98 Å². The number of hydrogen-bond acceptors (Lipinski definition) is 5. The van der Waals surface area contributed by atoms with Crippen LogP contribution in [0.3, 0.4) is 0 Å². The standard InChI is InChI=1S/C31H31N5O3/c1-17(2)19-6-4-7-20(13-19)21-14-25-29-26(15-21)39-22-12-18(3)35(16-22)10-11-36-31(38)24-9-5-8-23(27(24)34-36)28(33-29)30(37)32-25/h4-9,13-15,17-18,22,34H,10-12,16H2,1-3H3,(H,32,37)/t18-,22?/m1/s1. The minimum atomic E-state index is -0.310. The third-order valence-corrected chi connectivity index (χ3v) is 8.26. The summed E-state index contributed by atoms with van der Waals surface area (Å²) in [7, 11) is 0. The number of benzene rings is 3. The first kappa shape index (κ1) is 23.9. The largest absolute Gasteiger partial charge is 0.487 e. The molecule has 1 saturated heterocycles. The molecule has 1 fully saturated rings. The lowest BCUT2D eigenvalue weighted by Gasteiger charge is -2.21. The van der Waals surface area contributed by atoms with Crippen LogP contribution in [0.15, 0.2) is 64.2 Å². The number of hydrogen-bond donors (Lipinski definition) is 2. The number of fused-ring (bicyclic) bond motifs is 5. The summed E-state index contributed by atoms with van der Waals surface area (Å²) in [6, 6.07) is 18.3. The SMILES string of the molecule is CC(C)c1cccc(-c2cc3c4nc(c(=O)[nH]c4c2)-c2cccc4c(=O)n([nH]c24)CCN2CC(C[C@H]2C)O3)c1. The van der Waals surface area contributed by atoms with Gasteiger partial charge in [0.2, 0.25) is 0 Å². The van der Waals surface area contributed by atoms with E-state index in [1.165, 1.54) is 5.56 Å². The van der Waals surface area contributed by atoms with Gasteiger partial charge in [0.15, 0.2) is 0 Å². The molecule has 7 rings (SSSR count). The number of nitrogens with one attached hydrogen (secondary N) is 2. The topological polar surface area (TPSA) is 96.0 Å². The van der Waals surface area contributed by atoms with Gasteiger partial charge in [-0.2, -0.15) is 0 Å². The first-order valence-corrected chi connectivity index (χ1v) is 13.7. The van der Waals surface area contributed by atoms with Crippen LogP contribution < -0.4 is 15.9 Å². The van der Waals surface area contributed by atoms with Gasteiger partial charge in [0.1, 0.15) is 23.1 Å². The Bertz CT molecular complexity index is 1860. The summed E-state index contributed by atoms with van der Waals surface area (Å²) >= 11 is 0. The van der Waals surface area contributed by atoms with Crippen molar-refractivity contribution in [1.82, 2.24) is 24.6 Å². The van der Waals surface area contributed by atoms with Crippen molar-refractivity contribution in [3.05, 3.63) is 80.9 Å². The smallest absolute Gasteiger partial charge is 0.275 e. The predicted molar refractivity (Wildman–Crippen MR) is 154 cm³/mol. The number of H-pyrrole nitrogens is 2. The molecular weight excluding hydrogens is 490 g/mol. The maximum Gasteiger partial charge on any atom is 0.275 e. The summed E-state index contributed by atoms with van der Waals surface area (Å²) < 4.78 is 8.33. The maximum absolute atomic E-state index is 13.5. The minimum Gasteiger partial charge on any atom is -0.487 e. The highest BCUT2D eigenvalue weighted by molar-refractivity contribution is 5.94. The molecule has 0 radical (unpaired) electrons. The number of aromatic amines is 2. The number of ether oxygens (including phenoxy) is 1. The number of nitrogens with zero attached hydrogens (tertiary/aromatic N) is 3. The third-order valence-electron chi connectivity index (χ3n) is 8.26. The summed E-state index contributed by atoms with van der Waals surface area (Å²) in [4.78, 5) is 37.0. The minimum absolute atomic E-state index is 0.0283. The first-order valence-electron chi connectivity index (χ1n) is 13.7. The quantitative estimate of drug-likeness (QED) is 0.345. The van der Waals surface area contributed by atoms with Gasteiger partial charge in [-0.3, -0.25) is 24.3 Å². The Kier molecular flexibility index (Phi) is 5.49. The Labute approximate surface area is 225 Å². The summed E-state index contributed by atoms with van der Waals surface area (Å²) in [6.45, 7) is 8.57. The molecule has 6 bridgehead atoms. The Morgan fingerprint density at radius 3 is 2.72 bits per heavy atom. The average molecular weight is 522 g/mol. The highest BCUT2D eigenvalue weighted by Crippen LogP contribution is 2.35. The van der Waals surface area contributed by atoms with Crippen molar-refractivity contribution < 1.29 is 4.74 Å². The second-order valence-electron chi connectivity index (χ2n) is 11.2. The zero-order chi connectivity index (χ0) is 26.8. The van der Waals surface area contributed by atoms with Crippen molar-refractivity contribution in [2.45, 2.75) is 51.8 Å². The van der Waals surface area contributed by atoms with E-state index in [0.29, 0.717) is 51.8 Å². The van der Waals surface area contributed by atoms with E-state index in [4.69, 9.17) is 9.72 Å². The van der Waals surface area contributed by atoms with Crippen LogP contribution in [0.1, 0.15) is 38.7 Å². The Morgan fingerprint density at radius 1 is 1.03 bits per heavy atom. The molecule has 2 aliphatic heterocycles. The molecule has 2 unspecified atom stereocenters. The van der Waals surface area contributed by atoms with Crippen LogP contribution in [0.5, 0.6) is 5.75 Å². The molecule has 0 saturated carbocycles. The second-order valence-corrected chi connectivity index (χ2v) is 11.2. The fourth-order valence-electron chi connectivity index (χ4n) is 6.07. The predicted octanol–water partition coefficient (Wildman–Crippen LogP) is 4.88. The van der Waals surface area contributed by atoms with Gasteiger partial charge in [-0.1, -0.05) is 50.2 Å². The number of aromatic nitrogens is 4. The van der Waals surface area contributed by atoms with E-state index in [-0.39, 0.29) is 22.9 Å². The lowest BCUT2D eigenvalue weighted by molar-refractivity contribution is 0.195. The Morgan fingerprint density at radius 2 is 1.87 bits per heavy atom. The molecule has 0 spiro atoms. The van der Waals surface area contributed by atoms with Crippen LogP contribution in [0.2, 0.25) is 0 Å². The van der Waals surface area contributed by atoms with Crippen molar-refractivity contribution >= 4 is 21.9 Å². The monoisotopic (exact) mass is 521 g/mol. The van der Waals surface area contributed by atoms with Crippen LogP contribution in [0.4, 0.5) is 0 Å². The molecule has 5 aromatic rings. The molecule has 3 aromatic carbocycles. The molecule has 4 heterocycles. The van der Waals surface area contributed by atoms with Gasteiger partial charge in [0.05, 0.1) is 23.0 Å². The van der Waals surface area contributed by atoms with Crippen LogP contribution in [0.25, 0.3) is 44.3 Å². The van der Waals surface area contributed by atoms with Crippen LogP contribution >= 0.6 is 0 Å². The lowest BCUT2D eigenvalue weighted by atomic mass is 9.97. The third kappa shape index (κ3) is 3.98. The molecule has 8 heteroatoms. The van der Waals surface area contributed by atoms with Crippen LogP contribution in [0, 0.1) is 0 Å². The van der Waals surface area contributed by atoms with Crippen molar-refractivity contribution in [2.75, 3.05) is 13.1 Å². The molecule has 2 N–H and O–H groups in total. The summed E-state index contributed by atoms with van der Waals surface area (Å²) in [5.74, 6) is 1.06. The van der Waals surface area contributed by atoms with Gasteiger partial charge in [-0.05, 0) is 47.7 Å². The van der Waals surface area contributed by atoms with Crippen LogP contribution in [-0.4, -0.2) is 49.9 Å². The fourth-order valence-corrected chi connectivity index (χ4v) is 6.07. The van der Waals surface area contributed by atoms with Gasteiger partial charge in [0.25, 0.3) is 11.1 Å². The molecular formula is C31H31N5O3. The maximum atomic E-state index is 13.5. The molecule has 0 amide bonds. The molecule has 3 atom stereocenters. The van der Waals surface area contributed by atoms with Crippen molar-refractivity contribution in [2.24, 2.45) is 0 Å². The van der Waals surface area contributed by atoms with Gasteiger partial charge >= 0.3 is 0 Å². The van der Waals surface area contributed by atoms with E-state index in [0.717, 1.165) is 30.6 Å². The molecule has 0 aliphatic carbocycles. The van der Waals surface area contributed by atoms with E-state index < -0.39 is 0 Å². The highest BCUT2D eigenvalue weighted by Gasteiger charge is 2.31. The average Bonchev–Trinajstić information content (AvgIpc) is 3.44. The molecule has 39 heavy (non-hydrogen) atoms. The number of para-hydroxylation sites is 1. The van der Waals surface area contributed by atoms with Gasteiger partial charge in [0, 0.05) is 31.1 Å². The van der Waals surface area contributed by atoms with E-state index >= 15 is 0 Å². The normalized spacial score (nSPS) is 20.7. The van der Waals surface area contributed by atoms with Gasteiger partial charge < -0.3 is 9.72 Å². The molecule has 8 nitrogen and oxygen atoms in total. The molecule has 198 valence electrons. The molecule has 2 aliphatic rings. The van der Waals surface area contributed by atoms with Crippen LogP contribution in [-0.2, 0) is 6.54 Å². The van der Waals surface area contributed by atoms with Crippen molar-refractivity contribution in [3.63, 3.8) is 0 Å². The zero-order valence-corrected chi connectivity index (χ0v) is 22.3. The number of rotatable bonds is 2. The Hall–Kier alpha value is -4.17. The van der Waals surface area contributed by atoms with E-state index in [1.54, 1.807) is 16.8 Å². The first-order chi connectivity index (χ1) is 18.9. The fraction of sp³-hybridized carbons (Fsp3) is 0.323.